The van der Waals surface area contributed by atoms with Gasteiger partial charge in [-0.3, -0.25) is 9.78 Å². The van der Waals surface area contributed by atoms with Crippen LogP contribution in [-0.4, -0.2) is 51.0 Å². The number of hydrogen-bond acceptors (Lipinski definition) is 9. The molecular formula is C27H31N3O7S. The van der Waals surface area contributed by atoms with E-state index in [1.807, 2.05) is 24.3 Å². The number of thiazole rings is 1. The van der Waals surface area contributed by atoms with Crippen LogP contribution in [0.3, 0.4) is 0 Å². The van der Waals surface area contributed by atoms with Crippen molar-refractivity contribution in [3.63, 3.8) is 0 Å². The van der Waals surface area contributed by atoms with Crippen LogP contribution in [0.5, 0.6) is 17.4 Å². The lowest BCUT2D eigenvalue weighted by Crippen LogP contribution is -2.41. The van der Waals surface area contributed by atoms with Crippen LogP contribution in [0.15, 0.2) is 57.9 Å². The molecular weight excluding hydrogens is 510 g/mol. The number of H-pyrrole nitrogens is 1. The molecule has 0 unspecified atom stereocenters. The standard InChI is InChI=1S/C27H31N3O7S/c1-16(31)15-30(26(34)37-27(2,3)4)11-9-17-5-7-20(28-24-23(32)29-25(33)38-24)22(13-17)36-19-6-8-21-18(14-19)10-12-35-21/h5-8,10,12-14,16,28,31-32H,9,11,15H2,1-4H3,(H,29,33)/t16-/m0/s1. The summed E-state index contributed by atoms with van der Waals surface area (Å²) in [5.74, 6) is 0.751. The second-order valence-electron chi connectivity index (χ2n) is 9.90. The number of aromatic hydroxyl groups is 1. The van der Waals surface area contributed by atoms with Crippen LogP contribution < -0.4 is 14.9 Å². The minimum absolute atomic E-state index is 0.133. The first kappa shape index (κ1) is 27.1. The Labute approximate surface area is 223 Å². The first-order valence-electron chi connectivity index (χ1n) is 12.1. The van der Waals surface area contributed by atoms with Gasteiger partial charge in [-0.25, -0.2) is 4.79 Å². The quantitative estimate of drug-likeness (QED) is 0.215. The maximum absolute atomic E-state index is 12.7. The smallest absolute Gasteiger partial charge is 0.410 e. The monoisotopic (exact) mass is 541 g/mol. The number of aliphatic hydroxyl groups excluding tert-OH is 1. The van der Waals surface area contributed by atoms with Crippen molar-refractivity contribution in [2.24, 2.45) is 0 Å². The third-order valence-electron chi connectivity index (χ3n) is 5.38. The molecule has 1 amide bonds. The normalized spacial score (nSPS) is 12.3. The number of rotatable bonds is 9. The molecule has 0 saturated heterocycles. The molecule has 0 aliphatic heterocycles. The molecule has 0 aliphatic carbocycles. The Hall–Kier alpha value is -3.96. The van der Waals surface area contributed by atoms with Crippen LogP contribution in [0.2, 0.25) is 0 Å². The molecule has 0 saturated carbocycles. The summed E-state index contributed by atoms with van der Waals surface area (Å²) in [5.41, 5.74) is 1.46. The molecule has 0 aliphatic rings. The number of furan rings is 1. The topological polar surface area (TPSA) is 137 Å². The number of nitrogens with one attached hydrogen (secondary N) is 2. The molecule has 4 N–H and O–H groups in total. The predicted molar refractivity (Wildman–Crippen MR) is 146 cm³/mol. The summed E-state index contributed by atoms with van der Waals surface area (Å²) in [7, 11) is 0. The highest BCUT2D eigenvalue weighted by molar-refractivity contribution is 7.13. The summed E-state index contributed by atoms with van der Waals surface area (Å²) in [4.78, 5) is 27.8. The molecule has 0 bridgehead atoms. The molecule has 4 aromatic rings. The van der Waals surface area contributed by atoms with E-state index >= 15 is 0 Å². The number of aromatic amines is 1. The lowest BCUT2D eigenvalue weighted by atomic mass is 10.1. The largest absolute Gasteiger partial charge is 0.492 e. The van der Waals surface area contributed by atoms with Crippen molar-refractivity contribution in [1.29, 1.82) is 0 Å². The predicted octanol–water partition coefficient (Wildman–Crippen LogP) is 5.58. The SMILES string of the molecule is C[C@H](O)CN(CCc1ccc(Nc2sc(=O)[nH]c2O)c(Oc2ccc3occc3c2)c1)C(=O)OC(C)(C)C. The number of carbonyl (C=O) groups is 1. The van der Waals surface area contributed by atoms with Crippen LogP contribution in [0.4, 0.5) is 15.5 Å². The fourth-order valence-electron chi connectivity index (χ4n) is 3.74. The first-order valence-corrected chi connectivity index (χ1v) is 12.9. The van der Waals surface area contributed by atoms with Crippen molar-refractivity contribution in [2.75, 3.05) is 18.4 Å². The summed E-state index contributed by atoms with van der Waals surface area (Å²) in [6.45, 7) is 7.44. The van der Waals surface area contributed by atoms with Gasteiger partial charge < -0.3 is 34.3 Å². The zero-order valence-corrected chi connectivity index (χ0v) is 22.4. The molecule has 11 heteroatoms. The number of benzene rings is 2. The van der Waals surface area contributed by atoms with E-state index < -0.39 is 22.7 Å². The van der Waals surface area contributed by atoms with Gasteiger partial charge in [0, 0.05) is 18.5 Å². The molecule has 1 atom stereocenters. The minimum atomic E-state index is -0.716. The van der Waals surface area contributed by atoms with E-state index in [-0.39, 0.29) is 17.4 Å². The highest BCUT2D eigenvalue weighted by atomic mass is 32.1. The lowest BCUT2D eigenvalue weighted by Gasteiger charge is -2.28. The molecule has 0 radical (unpaired) electrons. The van der Waals surface area contributed by atoms with Crippen LogP contribution in [0.25, 0.3) is 11.0 Å². The second kappa shape index (κ2) is 11.2. The number of aliphatic hydroxyl groups is 1. The van der Waals surface area contributed by atoms with Gasteiger partial charge in [0.15, 0.2) is 10.8 Å². The fraction of sp³-hybridized carbons (Fsp3) is 0.333. The summed E-state index contributed by atoms with van der Waals surface area (Å²) < 4.78 is 17.1. The van der Waals surface area contributed by atoms with Crippen molar-refractivity contribution in [3.05, 3.63) is 64.0 Å². The van der Waals surface area contributed by atoms with Gasteiger partial charge in [-0.05, 0) is 76.1 Å². The highest BCUT2D eigenvalue weighted by Crippen LogP contribution is 2.36. The molecule has 10 nitrogen and oxygen atoms in total. The van der Waals surface area contributed by atoms with Crippen LogP contribution in [-0.2, 0) is 11.2 Å². The molecule has 0 fully saturated rings. The number of anilines is 2. The van der Waals surface area contributed by atoms with Crippen LogP contribution in [0, 0.1) is 0 Å². The Morgan fingerprint density at radius 1 is 1.21 bits per heavy atom. The number of carbonyl (C=O) groups excluding carboxylic acids is 1. The number of fused-ring (bicyclic) bond motifs is 1. The highest BCUT2D eigenvalue weighted by Gasteiger charge is 2.23. The van der Waals surface area contributed by atoms with Crippen LogP contribution >= 0.6 is 11.3 Å². The van der Waals surface area contributed by atoms with E-state index in [4.69, 9.17) is 13.9 Å². The van der Waals surface area contributed by atoms with Crippen molar-refractivity contribution < 1.29 is 28.9 Å². The molecule has 202 valence electrons. The molecule has 0 spiro atoms. The molecule has 38 heavy (non-hydrogen) atoms. The Bertz CT molecular complexity index is 1470. The van der Waals surface area contributed by atoms with E-state index in [9.17, 15) is 19.8 Å². The van der Waals surface area contributed by atoms with E-state index in [1.165, 1.54) is 4.90 Å². The van der Waals surface area contributed by atoms with Crippen molar-refractivity contribution in [3.8, 4) is 17.4 Å². The third-order valence-corrected chi connectivity index (χ3v) is 6.17. The molecule has 2 heterocycles. The van der Waals surface area contributed by atoms with Gasteiger partial charge >= 0.3 is 11.0 Å². The van der Waals surface area contributed by atoms with Crippen LogP contribution in [0.1, 0.15) is 33.3 Å². The van der Waals surface area contributed by atoms with E-state index in [0.717, 1.165) is 27.9 Å². The lowest BCUT2D eigenvalue weighted by molar-refractivity contribution is 0.0164. The average molecular weight is 542 g/mol. The number of amides is 1. The third kappa shape index (κ3) is 7.08. The minimum Gasteiger partial charge on any atom is -0.492 e. The van der Waals surface area contributed by atoms with Crippen molar-refractivity contribution >= 4 is 39.1 Å². The zero-order chi connectivity index (χ0) is 27.4. The van der Waals surface area contributed by atoms with E-state index in [0.29, 0.717) is 30.2 Å². The second-order valence-corrected chi connectivity index (χ2v) is 10.9. The Morgan fingerprint density at radius 3 is 2.68 bits per heavy atom. The Kier molecular flexibility index (Phi) is 7.98. The van der Waals surface area contributed by atoms with E-state index in [1.54, 1.807) is 52.2 Å². The molecule has 2 aromatic heterocycles. The zero-order valence-electron chi connectivity index (χ0n) is 21.6. The first-order chi connectivity index (χ1) is 18.0. The maximum atomic E-state index is 12.7. The fourth-order valence-corrected chi connectivity index (χ4v) is 4.38. The van der Waals surface area contributed by atoms with Crippen molar-refractivity contribution in [2.45, 2.75) is 45.8 Å². The number of hydrogen-bond donors (Lipinski definition) is 4. The van der Waals surface area contributed by atoms with E-state index in [2.05, 4.69) is 10.3 Å². The number of ether oxygens (including phenoxy) is 2. The van der Waals surface area contributed by atoms with Gasteiger partial charge in [0.25, 0.3) is 0 Å². The van der Waals surface area contributed by atoms with Gasteiger partial charge in [-0.1, -0.05) is 17.4 Å². The average Bonchev–Trinajstić information content (AvgIpc) is 3.41. The summed E-state index contributed by atoms with van der Waals surface area (Å²) >= 11 is 0.837. The molecule has 4 rings (SSSR count). The maximum Gasteiger partial charge on any atom is 0.410 e. The number of nitrogens with zero attached hydrogens (tertiary/aromatic N) is 1. The van der Waals surface area contributed by atoms with Gasteiger partial charge in [-0.15, -0.1) is 0 Å². The van der Waals surface area contributed by atoms with Gasteiger partial charge in [0.2, 0.25) is 5.88 Å². The summed E-state index contributed by atoms with van der Waals surface area (Å²) in [6.07, 6.45) is 0.848. The number of aromatic nitrogens is 1. The molecule has 2 aromatic carbocycles. The van der Waals surface area contributed by atoms with Gasteiger partial charge in [-0.2, -0.15) is 0 Å². The van der Waals surface area contributed by atoms with Gasteiger partial charge in [0.05, 0.1) is 18.1 Å². The van der Waals surface area contributed by atoms with Crippen molar-refractivity contribution in [1.82, 2.24) is 9.88 Å². The Balaban J connectivity index is 1.59. The van der Waals surface area contributed by atoms with Gasteiger partial charge in [0.1, 0.15) is 16.9 Å². The Morgan fingerprint density at radius 2 is 2.00 bits per heavy atom. The summed E-state index contributed by atoms with van der Waals surface area (Å²) in [6, 6.07) is 12.7. The summed E-state index contributed by atoms with van der Waals surface area (Å²) in [5, 5.41) is 24.1.